The number of nitrogens with one attached hydrogen (secondary N) is 3. The zero-order valence-electron chi connectivity index (χ0n) is 22.7. The molecule has 1 amide bonds. The SMILES string of the molecule is CC(C)NC1CC(C(=O)Nc2sc3c(c2-c2nc4ccc(C5=CCNCC5)cc4s2)CCN(C2COC2)C3)C1. The van der Waals surface area contributed by atoms with Gasteiger partial charge in [-0.05, 0) is 61.1 Å². The second-order valence-corrected chi connectivity index (χ2v) is 13.8. The van der Waals surface area contributed by atoms with Gasteiger partial charge >= 0.3 is 0 Å². The zero-order valence-corrected chi connectivity index (χ0v) is 24.4. The average Bonchev–Trinajstić information content (AvgIpc) is 3.44. The van der Waals surface area contributed by atoms with Gasteiger partial charge in [-0.25, -0.2) is 4.98 Å². The highest BCUT2D eigenvalue weighted by molar-refractivity contribution is 7.23. The lowest BCUT2D eigenvalue weighted by molar-refractivity contribution is -0.123. The largest absolute Gasteiger partial charge is 0.378 e. The highest BCUT2D eigenvalue weighted by Crippen LogP contribution is 2.47. The van der Waals surface area contributed by atoms with E-state index in [-0.39, 0.29) is 11.8 Å². The average molecular weight is 564 g/mol. The number of carbonyl (C=O) groups is 1. The Morgan fingerprint density at radius 1 is 1.21 bits per heavy atom. The third-order valence-corrected chi connectivity index (χ3v) is 10.7. The van der Waals surface area contributed by atoms with Crippen molar-refractivity contribution in [2.24, 2.45) is 5.92 Å². The van der Waals surface area contributed by atoms with Crippen molar-refractivity contribution in [3.8, 4) is 10.6 Å². The molecule has 1 aliphatic carbocycles. The van der Waals surface area contributed by atoms with E-state index in [1.165, 1.54) is 26.3 Å². The predicted octanol–water partition coefficient (Wildman–Crippen LogP) is 4.87. The van der Waals surface area contributed by atoms with Gasteiger partial charge in [0.15, 0.2) is 0 Å². The summed E-state index contributed by atoms with van der Waals surface area (Å²) in [5.41, 5.74) is 6.29. The molecule has 0 bridgehead atoms. The number of nitrogens with zero attached hydrogens (tertiary/aromatic N) is 2. The molecule has 1 saturated heterocycles. The fraction of sp³-hybridized carbons (Fsp3) is 0.533. The molecule has 39 heavy (non-hydrogen) atoms. The minimum Gasteiger partial charge on any atom is -0.378 e. The Labute approximate surface area is 238 Å². The predicted molar refractivity (Wildman–Crippen MR) is 161 cm³/mol. The van der Waals surface area contributed by atoms with Crippen molar-refractivity contribution < 1.29 is 9.53 Å². The third kappa shape index (κ3) is 5.09. The van der Waals surface area contributed by atoms with E-state index in [2.05, 4.69) is 59.0 Å². The second-order valence-electron chi connectivity index (χ2n) is 11.7. The molecule has 7 nitrogen and oxygen atoms in total. The van der Waals surface area contributed by atoms with Crippen LogP contribution in [-0.4, -0.2) is 66.8 Å². The molecule has 0 unspecified atom stereocenters. The molecule has 5 heterocycles. The monoisotopic (exact) mass is 563 g/mol. The van der Waals surface area contributed by atoms with Crippen LogP contribution in [0, 0.1) is 5.92 Å². The summed E-state index contributed by atoms with van der Waals surface area (Å²) in [6.45, 7) is 9.91. The van der Waals surface area contributed by atoms with E-state index in [1.54, 1.807) is 22.7 Å². The van der Waals surface area contributed by atoms with Crippen molar-refractivity contribution in [2.75, 3.05) is 38.2 Å². The van der Waals surface area contributed by atoms with E-state index in [9.17, 15) is 4.79 Å². The van der Waals surface area contributed by atoms with Gasteiger partial charge in [0.25, 0.3) is 0 Å². The Morgan fingerprint density at radius 3 is 2.82 bits per heavy atom. The number of rotatable bonds is 7. The molecular formula is C30H37N5O2S2. The Hall–Kier alpha value is -2.14. The van der Waals surface area contributed by atoms with Crippen LogP contribution in [0.15, 0.2) is 24.3 Å². The van der Waals surface area contributed by atoms with Gasteiger partial charge in [-0.3, -0.25) is 9.69 Å². The molecule has 3 aromatic rings. The maximum absolute atomic E-state index is 13.4. The van der Waals surface area contributed by atoms with Crippen molar-refractivity contribution in [1.29, 1.82) is 0 Å². The van der Waals surface area contributed by atoms with Crippen LogP contribution >= 0.6 is 22.7 Å². The highest BCUT2D eigenvalue weighted by Gasteiger charge is 2.37. The first-order chi connectivity index (χ1) is 19.0. The quantitative estimate of drug-likeness (QED) is 0.381. The number of benzene rings is 1. The molecule has 1 aromatic carbocycles. The Kier molecular flexibility index (Phi) is 7.07. The summed E-state index contributed by atoms with van der Waals surface area (Å²) < 4.78 is 6.69. The Bertz CT molecular complexity index is 1420. The normalized spacial score (nSPS) is 23.8. The first kappa shape index (κ1) is 25.8. The minimum absolute atomic E-state index is 0.0769. The highest BCUT2D eigenvalue weighted by atomic mass is 32.1. The van der Waals surface area contributed by atoms with Crippen LogP contribution in [0.2, 0.25) is 0 Å². The van der Waals surface area contributed by atoms with Crippen LogP contribution < -0.4 is 16.0 Å². The topological polar surface area (TPSA) is 78.5 Å². The molecule has 7 rings (SSSR count). The van der Waals surface area contributed by atoms with Gasteiger partial charge in [0.1, 0.15) is 10.0 Å². The van der Waals surface area contributed by atoms with E-state index in [4.69, 9.17) is 9.72 Å². The van der Waals surface area contributed by atoms with Crippen LogP contribution in [0.5, 0.6) is 0 Å². The molecule has 3 aliphatic heterocycles. The fourth-order valence-electron chi connectivity index (χ4n) is 6.25. The summed E-state index contributed by atoms with van der Waals surface area (Å²) in [6.07, 6.45) is 6.17. The maximum Gasteiger partial charge on any atom is 0.228 e. The van der Waals surface area contributed by atoms with Crippen LogP contribution in [0.25, 0.3) is 26.4 Å². The molecule has 2 aromatic heterocycles. The summed E-state index contributed by atoms with van der Waals surface area (Å²) in [6, 6.07) is 8.10. The number of fused-ring (bicyclic) bond motifs is 2. The standard InChI is InChI=1S/C30H37N5O2S2/c1-17(2)32-21-11-20(12-21)28(36)34-30-27(23-7-10-35(14-26(23)39-30)22-15-37-16-22)29-33-24-4-3-19(13-25(24)38-29)18-5-8-31-9-6-18/h3-5,13,17,20-22,31-32H,6-12,14-16H2,1-2H3,(H,34,36). The summed E-state index contributed by atoms with van der Waals surface area (Å²) in [4.78, 5) is 22.4. The van der Waals surface area contributed by atoms with Crippen molar-refractivity contribution in [1.82, 2.24) is 20.5 Å². The van der Waals surface area contributed by atoms with Crippen LogP contribution in [0.1, 0.15) is 49.1 Å². The lowest BCUT2D eigenvalue weighted by Gasteiger charge is -2.39. The van der Waals surface area contributed by atoms with E-state index >= 15 is 0 Å². The number of thiophene rings is 1. The lowest BCUT2D eigenvalue weighted by atomic mass is 9.79. The first-order valence-electron chi connectivity index (χ1n) is 14.4. The number of thiazole rings is 1. The number of aromatic nitrogens is 1. The van der Waals surface area contributed by atoms with Crippen molar-refractivity contribution in [2.45, 2.75) is 64.2 Å². The first-order valence-corrected chi connectivity index (χ1v) is 16.0. The van der Waals surface area contributed by atoms with Gasteiger partial charge in [0.2, 0.25) is 5.91 Å². The van der Waals surface area contributed by atoms with Crippen LogP contribution in [0.3, 0.4) is 0 Å². The van der Waals surface area contributed by atoms with Crippen LogP contribution in [-0.2, 0) is 22.5 Å². The van der Waals surface area contributed by atoms with Crippen molar-refractivity contribution >= 4 is 49.4 Å². The van der Waals surface area contributed by atoms with E-state index in [0.717, 1.165) is 86.2 Å². The summed E-state index contributed by atoms with van der Waals surface area (Å²) in [5.74, 6) is 0.232. The molecule has 0 spiro atoms. The number of amides is 1. The minimum atomic E-state index is 0.0769. The number of hydrogen-bond acceptors (Lipinski definition) is 8. The maximum atomic E-state index is 13.4. The molecule has 2 fully saturated rings. The molecule has 3 N–H and O–H groups in total. The van der Waals surface area contributed by atoms with Crippen LogP contribution in [0.4, 0.5) is 5.00 Å². The summed E-state index contributed by atoms with van der Waals surface area (Å²) in [5, 5.41) is 12.4. The molecule has 0 atom stereocenters. The molecular weight excluding hydrogens is 526 g/mol. The number of carbonyl (C=O) groups excluding carboxylic acids is 1. The summed E-state index contributed by atoms with van der Waals surface area (Å²) in [7, 11) is 0. The van der Waals surface area contributed by atoms with Gasteiger partial charge in [-0.2, -0.15) is 0 Å². The van der Waals surface area contributed by atoms with Crippen molar-refractivity contribution in [3.63, 3.8) is 0 Å². The summed E-state index contributed by atoms with van der Waals surface area (Å²) >= 11 is 3.52. The van der Waals surface area contributed by atoms with Gasteiger partial charge < -0.3 is 20.7 Å². The van der Waals surface area contributed by atoms with E-state index in [1.807, 2.05) is 0 Å². The lowest BCUT2D eigenvalue weighted by Crippen LogP contribution is -2.50. The molecule has 0 radical (unpaired) electrons. The number of hydrogen-bond donors (Lipinski definition) is 3. The van der Waals surface area contributed by atoms with Gasteiger partial charge in [0.05, 0.1) is 29.5 Å². The van der Waals surface area contributed by atoms with Crippen molar-refractivity contribution in [3.05, 3.63) is 40.3 Å². The Morgan fingerprint density at radius 2 is 2.08 bits per heavy atom. The second kappa shape index (κ2) is 10.7. The van der Waals surface area contributed by atoms with E-state index < -0.39 is 0 Å². The molecule has 206 valence electrons. The smallest absolute Gasteiger partial charge is 0.228 e. The van der Waals surface area contributed by atoms with E-state index in [0.29, 0.717) is 18.1 Å². The van der Waals surface area contributed by atoms with Gasteiger partial charge in [-0.15, -0.1) is 22.7 Å². The van der Waals surface area contributed by atoms with Gasteiger partial charge in [-0.1, -0.05) is 26.0 Å². The molecule has 4 aliphatic rings. The van der Waals surface area contributed by atoms with Gasteiger partial charge in [0, 0.05) is 48.1 Å². The number of anilines is 1. The molecule has 1 saturated carbocycles. The Balaban J connectivity index is 1.19. The fourth-order valence-corrected chi connectivity index (χ4v) is 8.68. The third-order valence-electron chi connectivity index (χ3n) is 8.57. The number of ether oxygens (including phenoxy) is 1. The zero-order chi connectivity index (χ0) is 26.5. The molecule has 9 heteroatoms.